The summed E-state index contributed by atoms with van der Waals surface area (Å²) in [6, 6.07) is 3.50. The maximum absolute atomic E-state index is 12.5. The molecule has 1 aliphatic rings. The number of carbonyl (C=O) groups is 2. The first-order valence-electron chi connectivity index (χ1n) is 6.56. The zero-order valence-corrected chi connectivity index (χ0v) is 12.7. The molecule has 114 valence electrons. The summed E-state index contributed by atoms with van der Waals surface area (Å²) in [6.07, 6.45) is 2.13. The highest BCUT2D eigenvalue weighted by atomic mass is 32.2. The van der Waals surface area contributed by atoms with E-state index in [1.165, 1.54) is 17.0 Å². The maximum Gasteiger partial charge on any atom is 0.326 e. The molecule has 6 nitrogen and oxygen atoms in total. The van der Waals surface area contributed by atoms with Gasteiger partial charge in [0.1, 0.15) is 6.04 Å². The van der Waals surface area contributed by atoms with Crippen LogP contribution < -0.4 is 0 Å². The number of nitrogens with zero attached hydrogens (tertiary/aromatic N) is 1. The number of likely N-dealkylation sites (tertiary alicyclic amines) is 1. The van der Waals surface area contributed by atoms with Gasteiger partial charge in [-0.05, 0) is 37.5 Å². The number of sulfone groups is 1. The Bertz CT molecular complexity index is 695. The monoisotopic (exact) mass is 311 g/mol. The Morgan fingerprint density at radius 1 is 1.33 bits per heavy atom. The largest absolute Gasteiger partial charge is 0.480 e. The summed E-state index contributed by atoms with van der Waals surface area (Å²) in [5, 5.41) is 9.14. The molecule has 0 spiro atoms. The molecule has 1 atom stereocenters. The molecule has 0 saturated carbocycles. The number of carboxylic acid groups (broad SMARTS) is 1. The molecule has 0 aromatic heterocycles. The minimum absolute atomic E-state index is 0.0579. The lowest BCUT2D eigenvalue weighted by Crippen LogP contribution is -2.40. The quantitative estimate of drug-likeness (QED) is 0.902. The lowest BCUT2D eigenvalue weighted by atomic mass is 10.1. The first kappa shape index (κ1) is 15.5. The van der Waals surface area contributed by atoms with Gasteiger partial charge in [-0.15, -0.1) is 0 Å². The zero-order chi connectivity index (χ0) is 15.8. The SMILES string of the molecule is Cc1ccc(S(C)(=O)=O)cc1C(=O)N1CCC[C@@H]1C(=O)O. The molecular weight excluding hydrogens is 294 g/mol. The van der Waals surface area contributed by atoms with Crippen LogP contribution in [0.25, 0.3) is 0 Å². The molecule has 2 rings (SSSR count). The number of benzene rings is 1. The third-order valence-electron chi connectivity index (χ3n) is 3.67. The van der Waals surface area contributed by atoms with E-state index in [1.807, 2.05) is 0 Å². The minimum Gasteiger partial charge on any atom is -0.480 e. The van der Waals surface area contributed by atoms with E-state index < -0.39 is 27.8 Å². The van der Waals surface area contributed by atoms with Crippen molar-refractivity contribution in [3.63, 3.8) is 0 Å². The lowest BCUT2D eigenvalue weighted by Gasteiger charge is -2.22. The minimum atomic E-state index is -3.42. The molecule has 1 fully saturated rings. The summed E-state index contributed by atoms with van der Waals surface area (Å²) in [7, 11) is -3.42. The molecular formula is C14H17NO5S. The van der Waals surface area contributed by atoms with Gasteiger partial charge in [0, 0.05) is 18.4 Å². The molecule has 0 unspecified atom stereocenters. The molecule has 1 amide bonds. The Morgan fingerprint density at radius 2 is 2.00 bits per heavy atom. The van der Waals surface area contributed by atoms with Gasteiger partial charge in [0.15, 0.2) is 9.84 Å². The van der Waals surface area contributed by atoms with Gasteiger partial charge in [-0.3, -0.25) is 4.79 Å². The molecule has 1 aromatic rings. The molecule has 7 heteroatoms. The summed E-state index contributed by atoms with van der Waals surface area (Å²) >= 11 is 0. The van der Waals surface area contributed by atoms with E-state index in [-0.39, 0.29) is 10.5 Å². The van der Waals surface area contributed by atoms with Crippen molar-refractivity contribution in [3.05, 3.63) is 29.3 Å². The Labute approximate surface area is 123 Å². The molecule has 1 heterocycles. The number of rotatable bonds is 3. The maximum atomic E-state index is 12.5. The van der Waals surface area contributed by atoms with Crippen LogP contribution in [0.4, 0.5) is 0 Å². The van der Waals surface area contributed by atoms with E-state index in [2.05, 4.69) is 0 Å². The highest BCUT2D eigenvalue weighted by molar-refractivity contribution is 7.90. The van der Waals surface area contributed by atoms with Crippen molar-refractivity contribution in [2.75, 3.05) is 12.8 Å². The van der Waals surface area contributed by atoms with Crippen LogP contribution in [0, 0.1) is 6.92 Å². The second-order valence-electron chi connectivity index (χ2n) is 5.24. The number of carbonyl (C=O) groups excluding carboxylic acids is 1. The van der Waals surface area contributed by atoms with Crippen LogP contribution in [0.1, 0.15) is 28.8 Å². The van der Waals surface area contributed by atoms with Crippen molar-refractivity contribution in [1.82, 2.24) is 4.90 Å². The zero-order valence-electron chi connectivity index (χ0n) is 11.9. The Hall–Kier alpha value is -1.89. The molecule has 1 saturated heterocycles. The van der Waals surface area contributed by atoms with Crippen LogP contribution in [0.3, 0.4) is 0 Å². The molecule has 21 heavy (non-hydrogen) atoms. The van der Waals surface area contributed by atoms with Gasteiger partial charge in [-0.25, -0.2) is 13.2 Å². The van der Waals surface area contributed by atoms with E-state index in [0.29, 0.717) is 24.9 Å². The molecule has 1 N–H and O–H groups in total. The Kier molecular flexibility index (Phi) is 4.04. The first-order chi connectivity index (χ1) is 9.71. The topological polar surface area (TPSA) is 91.8 Å². The predicted molar refractivity (Wildman–Crippen MR) is 76.0 cm³/mol. The van der Waals surface area contributed by atoms with E-state index in [9.17, 15) is 18.0 Å². The van der Waals surface area contributed by atoms with Crippen LogP contribution >= 0.6 is 0 Å². The van der Waals surface area contributed by atoms with Gasteiger partial charge in [-0.1, -0.05) is 6.07 Å². The number of amides is 1. The first-order valence-corrected chi connectivity index (χ1v) is 8.45. The van der Waals surface area contributed by atoms with E-state index in [4.69, 9.17) is 5.11 Å². The van der Waals surface area contributed by atoms with Gasteiger partial charge in [0.2, 0.25) is 0 Å². The lowest BCUT2D eigenvalue weighted by molar-refractivity contribution is -0.141. The van der Waals surface area contributed by atoms with Gasteiger partial charge in [0.05, 0.1) is 4.90 Å². The third kappa shape index (κ3) is 3.07. The summed E-state index contributed by atoms with van der Waals surface area (Å²) in [5.74, 6) is -1.46. The van der Waals surface area contributed by atoms with E-state index in [1.54, 1.807) is 13.0 Å². The van der Waals surface area contributed by atoms with Gasteiger partial charge >= 0.3 is 5.97 Å². The van der Waals surface area contributed by atoms with Crippen molar-refractivity contribution in [3.8, 4) is 0 Å². The smallest absolute Gasteiger partial charge is 0.326 e. The standard InChI is InChI=1S/C14H17NO5S/c1-9-5-6-10(21(2,19)20)8-11(9)13(16)15-7-3-4-12(15)14(17)18/h5-6,8,12H,3-4,7H2,1-2H3,(H,17,18)/t12-/m1/s1. The van der Waals surface area contributed by atoms with E-state index >= 15 is 0 Å². The van der Waals surface area contributed by atoms with Crippen molar-refractivity contribution >= 4 is 21.7 Å². The fourth-order valence-corrected chi connectivity index (χ4v) is 3.13. The molecule has 1 aliphatic heterocycles. The van der Waals surface area contributed by atoms with Crippen LogP contribution in [0.5, 0.6) is 0 Å². The Morgan fingerprint density at radius 3 is 2.57 bits per heavy atom. The molecule has 1 aromatic carbocycles. The van der Waals surface area contributed by atoms with Gasteiger partial charge in [-0.2, -0.15) is 0 Å². The van der Waals surface area contributed by atoms with Crippen molar-refractivity contribution in [2.45, 2.75) is 30.7 Å². The van der Waals surface area contributed by atoms with Crippen LogP contribution in [0.2, 0.25) is 0 Å². The third-order valence-corrected chi connectivity index (χ3v) is 4.78. The number of hydrogen-bond acceptors (Lipinski definition) is 4. The molecule has 0 radical (unpaired) electrons. The van der Waals surface area contributed by atoms with Crippen LogP contribution in [-0.4, -0.2) is 49.1 Å². The second-order valence-corrected chi connectivity index (χ2v) is 7.26. The molecule has 0 bridgehead atoms. The summed E-state index contributed by atoms with van der Waals surface area (Å²) < 4.78 is 23.2. The van der Waals surface area contributed by atoms with Gasteiger partial charge in [0.25, 0.3) is 5.91 Å². The highest BCUT2D eigenvalue weighted by Gasteiger charge is 2.35. The summed E-state index contributed by atoms with van der Waals surface area (Å²) in [4.78, 5) is 25.1. The van der Waals surface area contributed by atoms with E-state index in [0.717, 1.165) is 6.26 Å². The van der Waals surface area contributed by atoms with Crippen molar-refractivity contribution in [1.29, 1.82) is 0 Å². The fourth-order valence-electron chi connectivity index (χ4n) is 2.48. The van der Waals surface area contributed by atoms with Gasteiger partial charge < -0.3 is 10.0 Å². The number of carboxylic acids is 1. The summed E-state index contributed by atoms with van der Waals surface area (Å²) in [5.41, 5.74) is 0.870. The van der Waals surface area contributed by atoms with Crippen molar-refractivity contribution in [2.24, 2.45) is 0 Å². The normalized spacial score (nSPS) is 18.8. The Balaban J connectivity index is 2.41. The number of hydrogen-bond donors (Lipinski definition) is 1. The predicted octanol–water partition coefficient (Wildman–Crippen LogP) is 1.09. The molecule has 0 aliphatic carbocycles. The highest BCUT2D eigenvalue weighted by Crippen LogP contribution is 2.23. The number of aliphatic carboxylic acids is 1. The van der Waals surface area contributed by atoms with Crippen molar-refractivity contribution < 1.29 is 23.1 Å². The second kappa shape index (κ2) is 5.48. The summed E-state index contributed by atoms with van der Waals surface area (Å²) in [6.45, 7) is 2.07. The van der Waals surface area contributed by atoms with Crippen LogP contribution in [0.15, 0.2) is 23.1 Å². The van der Waals surface area contributed by atoms with Crippen LogP contribution in [-0.2, 0) is 14.6 Å². The average Bonchev–Trinajstić information content (AvgIpc) is 2.86. The average molecular weight is 311 g/mol. The fraction of sp³-hybridized carbons (Fsp3) is 0.429. The number of aryl methyl sites for hydroxylation is 1.